The minimum atomic E-state index is -3.66. The Hall–Kier alpha value is -1.92. The highest BCUT2D eigenvalue weighted by Crippen LogP contribution is 2.19. The van der Waals surface area contributed by atoms with Gasteiger partial charge < -0.3 is 4.74 Å². The fourth-order valence-corrected chi connectivity index (χ4v) is 3.03. The predicted octanol–water partition coefficient (Wildman–Crippen LogP) is 3.01. The van der Waals surface area contributed by atoms with Crippen LogP contribution < -0.4 is 9.46 Å². The van der Waals surface area contributed by atoms with E-state index in [9.17, 15) is 12.8 Å². The molecule has 0 aliphatic carbocycles. The van der Waals surface area contributed by atoms with E-state index in [0.717, 1.165) is 29.0 Å². The molecule has 0 heterocycles. The van der Waals surface area contributed by atoms with Crippen molar-refractivity contribution in [1.29, 1.82) is 0 Å². The van der Waals surface area contributed by atoms with Crippen LogP contribution in [0.15, 0.2) is 47.4 Å². The molecule has 0 saturated carbocycles. The van der Waals surface area contributed by atoms with Crippen molar-refractivity contribution in [3.8, 4) is 5.75 Å². The lowest BCUT2D eigenvalue weighted by Gasteiger charge is -2.10. The van der Waals surface area contributed by atoms with E-state index in [1.54, 1.807) is 0 Å². The van der Waals surface area contributed by atoms with E-state index in [1.807, 2.05) is 32.0 Å². The number of sulfonamides is 1. The Bertz CT molecular complexity index is 742. The Kier molecular flexibility index (Phi) is 5.15. The summed E-state index contributed by atoms with van der Waals surface area (Å²) in [6.07, 6.45) is 0. The van der Waals surface area contributed by atoms with Crippen LogP contribution >= 0.6 is 0 Å². The number of benzene rings is 2. The van der Waals surface area contributed by atoms with Crippen molar-refractivity contribution >= 4 is 10.0 Å². The van der Waals surface area contributed by atoms with Crippen molar-refractivity contribution in [2.45, 2.75) is 25.3 Å². The molecule has 0 radical (unpaired) electrons. The Morgan fingerprint density at radius 3 is 2.41 bits per heavy atom. The van der Waals surface area contributed by atoms with E-state index in [1.165, 1.54) is 12.1 Å². The Balaban J connectivity index is 2.09. The first-order chi connectivity index (χ1) is 10.4. The first kappa shape index (κ1) is 16.5. The van der Waals surface area contributed by atoms with Gasteiger partial charge in [0.05, 0.1) is 11.5 Å². The molecule has 0 atom stereocenters. The summed E-state index contributed by atoms with van der Waals surface area (Å²) in [5, 5.41) is 0. The van der Waals surface area contributed by atoms with Crippen molar-refractivity contribution in [2.75, 3.05) is 6.61 Å². The molecule has 118 valence electrons. The third kappa shape index (κ3) is 4.05. The second kappa shape index (κ2) is 6.89. The van der Waals surface area contributed by atoms with Gasteiger partial charge in [-0.25, -0.2) is 17.5 Å². The summed E-state index contributed by atoms with van der Waals surface area (Å²) in [6.45, 7) is 4.55. The maximum Gasteiger partial charge on any atom is 0.240 e. The lowest BCUT2D eigenvalue weighted by molar-refractivity contribution is 0.338. The van der Waals surface area contributed by atoms with Gasteiger partial charge in [0.25, 0.3) is 0 Å². The third-order valence-corrected chi connectivity index (χ3v) is 4.55. The van der Waals surface area contributed by atoms with Crippen LogP contribution in [0.4, 0.5) is 4.39 Å². The van der Waals surface area contributed by atoms with Gasteiger partial charge in [-0.15, -0.1) is 0 Å². The summed E-state index contributed by atoms with van der Waals surface area (Å²) in [4.78, 5) is 0.0385. The van der Waals surface area contributed by atoms with Gasteiger partial charge in [0.2, 0.25) is 10.0 Å². The maximum absolute atomic E-state index is 12.8. The van der Waals surface area contributed by atoms with Gasteiger partial charge in [-0.05, 0) is 55.3 Å². The summed E-state index contributed by atoms with van der Waals surface area (Å²) in [6, 6.07) is 10.2. The zero-order chi connectivity index (χ0) is 16.2. The monoisotopic (exact) mass is 323 g/mol. The molecule has 0 aliphatic heterocycles. The van der Waals surface area contributed by atoms with E-state index in [4.69, 9.17) is 4.74 Å². The third-order valence-electron chi connectivity index (χ3n) is 3.13. The van der Waals surface area contributed by atoms with Crippen LogP contribution in [-0.4, -0.2) is 15.0 Å². The normalized spacial score (nSPS) is 11.4. The number of hydrogen-bond acceptors (Lipinski definition) is 3. The molecule has 2 aromatic carbocycles. The number of hydrogen-bond donors (Lipinski definition) is 1. The van der Waals surface area contributed by atoms with E-state index in [2.05, 4.69) is 4.72 Å². The standard InChI is InChI=1S/C16H18FNO3S/c1-3-21-16-9-4-13(10-12(16)2)11-18-22(19,20)15-7-5-14(17)6-8-15/h4-10,18H,3,11H2,1-2H3. The van der Waals surface area contributed by atoms with Crippen LogP contribution in [0.1, 0.15) is 18.1 Å². The van der Waals surface area contributed by atoms with Crippen LogP contribution in [0.3, 0.4) is 0 Å². The lowest BCUT2D eigenvalue weighted by Crippen LogP contribution is -2.23. The highest BCUT2D eigenvalue weighted by molar-refractivity contribution is 7.89. The van der Waals surface area contributed by atoms with Crippen molar-refractivity contribution in [3.05, 3.63) is 59.4 Å². The van der Waals surface area contributed by atoms with Crippen LogP contribution in [0, 0.1) is 12.7 Å². The molecule has 0 aromatic heterocycles. The van der Waals surface area contributed by atoms with Gasteiger partial charge in [0.15, 0.2) is 0 Å². The molecule has 0 spiro atoms. The van der Waals surface area contributed by atoms with Crippen molar-refractivity contribution in [2.24, 2.45) is 0 Å². The first-order valence-electron chi connectivity index (χ1n) is 6.90. The molecular weight excluding hydrogens is 305 g/mol. The maximum atomic E-state index is 12.8. The van der Waals surface area contributed by atoms with Crippen LogP contribution in [0.5, 0.6) is 5.75 Å². The van der Waals surface area contributed by atoms with E-state index >= 15 is 0 Å². The average Bonchev–Trinajstić information content (AvgIpc) is 2.48. The van der Waals surface area contributed by atoms with E-state index in [-0.39, 0.29) is 11.4 Å². The van der Waals surface area contributed by atoms with Crippen molar-refractivity contribution < 1.29 is 17.5 Å². The summed E-state index contributed by atoms with van der Waals surface area (Å²) in [7, 11) is -3.66. The van der Waals surface area contributed by atoms with Crippen LogP contribution in [0.2, 0.25) is 0 Å². The second-order valence-electron chi connectivity index (χ2n) is 4.81. The average molecular weight is 323 g/mol. The molecule has 0 fully saturated rings. The highest BCUT2D eigenvalue weighted by Gasteiger charge is 2.13. The fourth-order valence-electron chi connectivity index (χ4n) is 2.01. The fraction of sp³-hybridized carbons (Fsp3) is 0.250. The smallest absolute Gasteiger partial charge is 0.240 e. The number of aryl methyl sites for hydroxylation is 1. The SMILES string of the molecule is CCOc1ccc(CNS(=O)(=O)c2ccc(F)cc2)cc1C. The van der Waals surface area contributed by atoms with Gasteiger partial charge in [-0.2, -0.15) is 0 Å². The van der Waals surface area contributed by atoms with E-state index < -0.39 is 15.8 Å². The second-order valence-corrected chi connectivity index (χ2v) is 6.58. The molecule has 0 amide bonds. The summed E-state index contributed by atoms with van der Waals surface area (Å²) < 4.78 is 45.0. The van der Waals surface area contributed by atoms with Crippen LogP contribution in [-0.2, 0) is 16.6 Å². The summed E-state index contributed by atoms with van der Waals surface area (Å²) in [5.74, 6) is 0.314. The van der Waals surface area contributed by atoms with Crippen molar-refractivity contribution in [1.82, 2.24) is 4.72 Å². The molecular formula is C16H18FNO3S. The topological polar surface area (TPSA) is 55.4 Å². The Morgan fingerprint density at radius 2 is 1.82 bits per heavy atom. The van der Waals surface area contributed by atoms with Gasteiger partial charge in [0.1, 0.15) is 11.6 Å². The van der Waals surface area contributed by atoms with Gasteiger partial charge >= 0.3 is 0 Å². The lowest BCUT2D eigenvalue weighted by atomic mass is 10.1. The molecule has 0 aliphatic rings. The molecule has 1 N–H and O–H groups in total. The minimum absolute atomic E-state index is 0.0385. The minimum Gasteiger partial charge on any atom is -0.494 e. The molecule has 6 heteroatoms. The molecule has 0 saturated heterocycles. The van der Waals surface area contributed by atoms with Gasteiger partial charge in [-0.3, -0.25) is 0 Å². The predicted molar refractivity (Wildman–Crippen MR) is 82.8 cm³/mol. The summed E-state index contributed by atoms with van der Waals surface area (Å²) >= 11 is 0. The van der Waals surface area contributed by atoms with E-state index in [0.29, 0.717) is 6.61 Å². The zero-order valence-corrected chi connectivity index (χ0v) is 13.3. The molecule has 22 heavy (non-hydrogen) atoms. The number of ether oxygens (including phenoxy) is 1. The highest BCUT2D eigenvalue weighted by atomic mass is 32.2. The Labute approximate surface area is 130 Å². The number of rotatable bonds is 6. The quantitative estimate of drug-likeness (QED) is 0.889. The zero-order valence-electron chi connectivity index (χ0n) is 12.5. The summed E-state index contributed by atoms with van der Waals surface area (Å²) in [5.41, 5.74) is 1.77. The molecule has 0 bridgehead atoms. The van der Waals surface area contributed by atoms with Crippen molar-refractivity contribution in [3.63, 3.8) is 0 Å². The molecule has 0 unspecified atom stereocenters. The number of halogens is 1. The first-order valence-corrected chi connectivity index (χ1v) is 8.38. The van der Waals surface area contributed by atoms with Gasteiger partial charge in [0, 0.05) is 6.54 Å². The van der Waals surface area contributed by atoms with Crippen LogP contribution in [0.25, 0.3) is 0 Å². The number of nitrogens with one attached hydrogen (secondary N) is 1. The molecule has 2 aromatic rings. The molecule has 4 nitrogen and oxygen atoms in total. The largest absolute Gasteiger partial charge is 0.494 e. The molecule has 2 rings (SSSR count). The Morgan fingerprint density at radius 1 is 1.14 bits per heavy atom. The van der Waals surface area contributed by atoms with Gasteiger partial charge in [-0.1, -0.05) is 12.1 Å².